The van der Waals surface area contributed by atoms with Gasteiger partial charge in [0, 0.05) is 14.2 Å². The Morgan fingerprint density at radius 1 is 1.47 bits per heavy atom. The van der Waals surface area contributed by atoms with Gasteiger partial charge in [0.05, 0.1) is 28.5 Å². The highest BCUT2D eigenvalue weighted by molar-refractivity contribution is 9.10. The molecule has 1 aliphatic rings. The van der Waals surface area contributed by atoms with Crippen LogP contribution in [0.3, 0.4) is 0 Å². The third-order valence-electron chi connectivity index (χ3n) is 4.13. The van der Waals surface area contributed by atoms with E-state index in [4.69, 9.17) is 10.6 Å². The Morgan fingerprint density at radius 2 is 2.16 bits per heavy atom. The maximum Gasteiger partial charge on any atom is 0.0904 e. The van der Waals surface area contributed by atoms with Crippen molar-refractivity contribution in [2.75, 3.05) is 7.11 Å². The average molecular weight is 331 g/mol. The molecule has 1 aliphatic carbocycles. The van der Waals surface area contributed by atoms with Gasteiger partial charge in [-0.1, -0.05) is 19.3 Å². The van der Waals surface area contributed by atoms with E-state index in [9.17, 15) is 0 Å². The highest BCUT2D eigenvalue weighted by atomic mass is 79.9. The number of ether oxygens (including phenoxy) is 1. The molecule has 1 heterocycles. The van der Waals surface area contributed by atoms with Crippen LogP contribution in [0.5, 0.6) is 0 Å². The summed E-state index contributed by atoms with van der Waals surface area (Å²) in [5.41, 5.74) is 3.96. The Morgan fingerprint density at radius 3 is 2.63 bits per heavy atom. The van der Waals surface area contributed by atoms with Gasteiger partial charge >= 0.3 is 0 Å². The predicted octanol–water partition coefficient (Wildman–Crippen LogP) is 2.28. The van der Waals surface area contributed by atoms with Crippen LogP contribution in [0.15, 0.2) is 10.7 Å². The lowest BCUT2D eigenvalue weighted by atomic mass is 9.82. The van der Waals surface area contributed by atoms with Gasteiger partial charge in [-0.25, -0.2) is 5.43 Å². The summed E-state index contributed by atoms with van der Waals surface area (Å²) in [5, 5.41) is 4.27. The lowest BCUT2D eigenvalue weighted by Gasteiger charge is -2.34. The fraction of sp³-hybridized carbons (Fsp3) is 0.769. The first-order valence-electron chi connectivity index (χ1n) is 6.85. The quantitative estimate of drug-likeness (QED) is 0.642. The maximum atomic E-state index is 5.79. The van der Waals surface area contributed by atoms with Crippen LogP contribution in [0.4, 0.5) is 0 Å². The van der Waals surface area contributed by atoms with Crippen molar-refractivity contribution in [2.24, 2.45) is 18.8 Å². The number of rotatable bonds is 5. The molecule has 5 nitrogen and oxygen atoms in total. The second-order valence-corrected chi connectivity index (χ2v) is 6.10. The summed E-state index contributed by atoms with van der Waals surface area (Å²) in [6.45, 7) is 0. The lowest BCUT2D eigenvalue weighted by Crippen LogP contribution is -2.43. The lowest BCUT2D eigenvalue weighted by molar-refractivity contribution is 0.00536. The first-order valence-corrected chi connectivity index (χ1v) is 7.64. The molecule has 0 aromatic carbocycles. The number of aromatic nitrogens is 2. The highest BCUT2D eigenvalue weighted by Gasteiger charge is 2.33. The number of nitrogens with zero attached hydrogens (tertiary/aromatic N) is 2. The summed E-state index contributed by atoms with van der Waals surface area (Å²) in [7, 11) is 3.70. The van der Waals surface area contributed by atoms with Gasteiger partial charge in [-0.15, -0.1) is 0 Å². The molecule has 0 spiro atoms. The predicted molar refractivity (Wildman–Crippen MR) is 78.3 cm³/mol. The average Bonchev–Trinajstić information content (AvgIpc) is 2.77. The summed E-state index contributed by atoms with van der Waals surface area (Å²) in [4.78, 5) is 0. The van der Waals surface area contributed by atoms with Crippen LogP contribution in [0.2, 0.25) is 0 Å². The third kappa shape index (κ3) is 3.18. The van der Waals surface area contributed by atoms with E-state index in [0.717, 1.165) is 10.2 Å². The Labute approximate surface area is 123 Å². The fourth-order valence-corrected chi connectivity index (χ4v) is 3.76. The SMILES string of the molecule is COC(C1CCCCC1)C(NN)c1c(Br)cnn1C. The second kappa shape index (κ2) is 6.83. The number of halogens is 1. The van der Waals surface area contributed by atoms with Crippen LogP contribution in [0.25, 0.3) is 0 Å². The van der Waals surface area contributed by atoms with E-state index in [1.807, 2.05) is 11.7 Å². The van der Waals surface area contributed by atoms with Gasteiger partial charge in [0.15, 0.2) is 0 Å². The molecule has 2 atom stereocenters. The van der Waals surface area contributed by atoms with Gasteiger partial charge in [-0.05, 0) is 34.7 Å². The summed E-state index contributed by atoms with van der Waals surface area (Å²) < 4.78 is 8.59. The van der Waals surface area contributed by atoms with Gasteiger partial charge in [0.1, 0.15) is 0 Å². The number of hydrogen-bond acceptors (Lipinski definition) is 4. The number of nitrogens with one attached hydrogen (secondary N) is 1. The second-order valence-electron chi connectivity index (χ2n) is 5.24. The largest absolute Gasteiger partial charge is 0.379 e. The van der Waals surface area contributed by atoms with Crippen LogP contribution in [-0.4, -0.2) is 23.0 Å². The molecule has 2 rings (SSSR count). The molecular formula is C13H23BrN4O. The topological polar surface area (TPSA) is 65.1 Å². The van der Waals surface area contributed by atoms with Crippen LogP contribution < -0.4 is 11.3 Å². The van der Waals surface area contributed by atoms with E-state index in [0.29, 0.717) is 5.92 Å². The van der Waals surface area contributed by atoms with E-state index in [2.05, 4.69) is 26.5 Å². The molecule has 0 saturated heterocycles. The standard InChI is InChI=1S/C13H23BrN4O/c1-18-12(10(14)8-16-18)11(17-15)13(19-2)9-6-4-3-5-7-9/h8-9,11,13,17H,3-7,15H2,1-2H3. The summed E-state index contributed by atoms with van der Waals surface area (Å²) >= 11 is 3.55. The summed E-state index contributed by atoms with van der Waals surface area (Å²) in [6, 6.07) is -0.0463. The molecular weight excluding hydrogens is 308 g/mol. The van der Waals surface area contributed by atoms with Gasteiger partial charge in [-0.2, -0.15) is 5.10 Å². The molecule has 1 fully saturated rings. The van der Waals surface area contributed by atoms with Crippen molar-refractivity contribution in [3.8, 4) is 0 Å². The number of methoxy groups -OCH3 is 1. The first-order chi connectivity index (χ1) is 9.19. The normalized spacial score (nSPS) is 20.4. The monoisotopic (exact) mass is 330 g/mol. The van der Waals surface area contributed by atoms with Crippen molar-refractivity contribution in [1.82, 2.24) is 15.2 Å². The summed E-state index contributed by atoms with van der Waals surface area (Å²) in [5.74, 6) is 6.35. The van der Waals surface area contributed by atoms with Gasteiger partial charge in [0.25, 0.3) is 0 Å². The molecule has 1 saturated carbocycles. The number of aryl methyl sites for hydroxylation is 1. The van der Waals surface area contributed by atoms with Gasteiger partial charge in [0.2, 0.25) is 0 Å². The Bertz CT molecular complexity index is 384. The molecule has 0 bridgehead atoms. The van der Waals surface area contributed by atoms with E-state index in [1.165, 1.54) is 32.1 Å². The van der Waals surface area contributed by atoms with Crippen LogP contribution in [0.1, 0.15) is 43.8 Å². The van der Waals surface area contributed by atoms with Gasteiger partial charge in [-0.3, -0.25) is 10.5 Å². The Hall–Kier alpha value is -0.430. The molecule has 0 radical (unpaired) electrons. The van der Waals surface area contributed by atoms with Crippen molar-refractivity contribution in [3.63, 3.8) is 0 Å². The Balaban J connectivity index is 2.23. The minimum Gasteiger partial charge on any atom is -0.379 e. The van der Waals surface area contributed by atoms with Crippen molar-refractivity contribution < 1.29 is 4.74 Å². The van der Waals surface area contributed by atoms with E-state index >= 15 is 0 Å². The van der Waals surface area contributed by atoms with Crippen molar-refractivity contribution >= 4 is 15.9 Å². The minimum atomic E-state index is -0.0463. The molecule has 3 N–H and O–H groups in total. The molecule has 1 aromatic heterocycles. The highest BCUT2D eigenvalue weighted by Crippen LogP contribution is 2.35. The zero-order valence-corrected chi connectivity index (χ0v) is 13.2. The molecule has 0 amide bonds. The number of hydrazine groups is 1. The zero-order valence-electron chi connectivity index (χ0n) is 11.6. The van der Waals surface area contributed by atoms with E-state index < -0.39 is 0 Å². The minimum absolute atomic E-state index is 0.0463. The Kier molecular flexibility index (Phi) is 5.38. The van der Waals surface area contributed by atoms with Crippen molar-refractivity contribution in [1.29, 1.82) is 0 Å². The zero-order chi connectivity index (χ0) is 13.8. The molecule has 0 aliphatic heterocycles. The van der Waals surface area contributed by atoms with Gasteiger partial charge < -0.3 is 4.74 Å². The third-order valence-corrected chi connectivity index (χ3v) is 4.74. The summed E-state index contributed by atoms with van der Waals surface area (Å²) in [6.07, 6.45) is 8.22. The van der Waals surface area contributed by atoms with Crippen molar-refractivity contribution in [3.05, 3.63) is 16.4 Å². The van der Waals surface area contributed by atoms with Crippen LogP contribution in [-0.2, 0) is 11.8 Å². The number of hydrogen-bond donors (Lipinski definition) is 2. The van der Waals surface area contributed by atoms with Crippen LogP contribution in [0, 0.1) is 5.92 Å². The van der Waals surface area contributed by atoms with E-state index in [-0.39, 0.29) is 12.1 Å². The number of nitrogens with two attached hydrogens (primary N) is 1. The molecule has 6 heteroatoms. The van der Waals surface area contributed by atoms with Crippen LogP contribution >= 0.6 is 15.9 Å². The molecule has 19 heavy (non-hydrogen) atoms. The van der Waals surface area contributed by atoms with Crippen molar-refractivity contribution in [2.45, 2.75) is 44.2 Å². The smallest absolute Gasteiger partial charge is 0.0904 e. The molecule has 108 valence electrons. The fourth-order valence-electron chi connectivity index (χ4n) is 3.16. The van der Waals surface area contributed by atoms with E-state index in [1.54, 1.807) is 13.3 Å². The molecule has 1 aromatic rings. The maximum absolute atomic E-state index is 5.79. The first kappa shape index (κ1) is 15.0. The molecule has 2 unspecified atom stereocenters.